The van der Waals surface area contributed by atoms with E-state index >= 15 is 0 Å². The van der Waals surface area contributed by atoms with Crippen LogP contribution in [0, 0.1) is 0 Å². The van der Waals surface area contributed by atoms with Gasteiger partial charge in [0.15, 0.2) is 5.78 Å². The lowest BCUT2D eigenvalue weighted by Crippen LogP contribution is -2.52. The average Bonchev–Trinajstić information content (AvgIpc) is 3.42. The summed E-state index contributed by atoms with van der Waals surface area (Å²) in [5.41, 5.74) is 1.68. The Bertz CT molecular complexity index is 1020. The van der Waals surface area contributed by atoms with Crippen molar-refractivity contribution in [3.8, 4) is 0 Å². The molecule has 0 aliphatic carbocycles. The zero-order valence-corrected chi connectivity index (χ0v) is 21.8. The SMILES string of the molecule is COCCC[C@H](CC(=O)[C@@H]1CCCN1C(=O)[C@@H](Cc1ccccc1)NC(=O)OCc1ccccc1)B(O)O. The van der Waals surface area contributed by atoms with Crippen molar-refractivity contribution >= 4 is 24.9 Å². The van der Waals surface area contributed by atoms with Gasteiger partial charge in [0.1, 0.15) is 12.6 Å². The third-order valence-electron chi connectivity index (χ3n) is 6.80. The molecule has 1 aliphatic rings. The van der Waals surface area contributed by atoms with Gasteiger partial charge in [-0.1, -0.05) is 60.7 Å². The van der Waals surface area contributed by atoms with Gasteiger partial charge in [-0.2, -0.15) is 0 Å². The Morgan fingerprint density at radius 2 is 1.71 bits per heavy atom. The zero-order valence-electron chi connectivity index (χ0n) is 21.8. The lowest BCUT2D eigenvalue weighted by atomic mass is 9.67. The monoisotopic (exact) mass is 524 g/mol. The van der Waals surface area contributed by atoms with E-state index in [2.05, 4.69) is 5.32 Å². The number of benzene rings is 2. The molecule has 2 amide bonds. The Balaban J connectivity index is 1.69. The highest BCUT2D eigenvalue weighted by molar-refractivity contribution is 6.43. The van der Waals surface area contributed by atoms with Crippen LogP contribution in [0.3, 0.4) is 0 Å². The van der Waals surface area contributed by atoms with E-state index in [0.717, 1.165) is 11.1 Å². The molecular weight excluding hydrogens is 487 g/mol. The first kappa shape index (κ1) is 29.4. The van der Waals surface area contributed by atoms with Gasteiger partial charge in [0, 0.05) is 38.9 Å². The molecule has 1 heterocycles. The van der Waals surface area contributed by atoms with E-state index in [4.69, 9.17) is 9.47 Å². The fourth-order valence-corrected chi connectivity index (χ4v) is 4.76. The number of nitrogens with one attached hydrogen (secondary N) is 1. The van der Waals surface area contributed by atoms with E-state index in [1.165, 1.54) is 4.90 Å². The molecular formula is C28H37BN2O7. The number of hydrogen-bond donors (Lipinski definition) is 3. The van der Waals surface area contributed by atoms with Gasteiger partial charge in [0.2, 0.25) is 5.91 Å². The van der Waals surface area contributed by atoms with Gasteiger partial charge in [-0.15, -0.1) is 0 Å². The molecule has 204 valence electrons. The van der Waals surface area contributed by atoms with Crippen molar-refractivity contribution in [2.24, 2.45) is 0 Å². The maximum atomic E-state index is 13.7. The summed E-state index contributed by atoms with van der Waals surface area (Å²) in [6, 6.07) is 17.0. The second kappa shape index (κ2) is 15.3. The molecule has 1 fully saturated rings. The van der Waals surface area contributed by atoms with Crippen LogP contribution in [0.4, 0.5) is 4.79 Å². The minimum absolute atomic E-state index is 0.0499. The Morgan fingerprint density at radius 1 is 1.05 bits per heavy atom. The van der Waals surface area contributed by atoms with Gasteiger partial charge in [-0.3, -0.25) is 9.59 Å². The van der Waals surface area contributed by atoms with Crippen LogP contribution in [0.15, 0.2) is 60.7 Å². The molecule has 2 aromatic carbocycles. The van der Waals surface area contributed by atoms with Crippen LogP contribution in [0.2, 0.25) is 5.82 Å². The van der Waals surface area contributed by atoms with Crippen LogP contribution in [0.5, 0.6) is 0 Å². The number of amides is 2. The number of methoxy groups -OCH3 is 1. The number of alkyl carbamates (subject to hydrolysis) is 1. The van der Waals surface area contributed by atoms with Gasteiger partial charge >= 0.3 is 13.2 Å². The second-order valence-corrected chi connectivity index (χ2v) is 9.62. The lowest BCUT2D eigenvalue weighted by molar-refractivity contribution is -0.139. The number of rotatable bonds is 14. The van der Waals surface area contributed by atoms with Gasteiger partial charge in [-0.25, -0.2) is 4.79 Å². The number of ether oxygens (including phenoxy) is 2. The molecule has 2 aromatic rings. The van der Waals surface area contributed by atoms with Gasteiger partial charge < -0.3 is 29.7 Å². The predicted octanol–water partition coefficient (Wildman–Crippen LogP) is 2.74. The summed E-state index contributed by atoms with van der Waals surface area (Å²) in [6.45, 7) is 0.910. The summed E-state index contributed by atoms with van der Waals surface area (Å²) in [7, 11) is -0.0669. The number of nitrogens with zero attached hydrogens (tertiary/aromatic N) is 1. The highest BCUT2D eigenvalue weighted by atomic mass is 16.5. The van der Waals surface area contributed by atoms with E-state index in [1.54, 1.807) is 7.11 Å². The number of Topliss-reactive ketones (excluding diaryl/α,β-unsaturated/α-hetero) is 1. The Kier molecular flexibility index (Phi) is 11.8. The average molecular weight is 524 g/mol. The van der Waals surface area contributed by atoms with Crippen molar-refractivity contribution in [3.05, 3.63) is 71.8 Å². The molecule has 0 bridgehead atoms. The van der Waals surface area contributed by atoms with E-state index in [-0.39, 0.29) is 31.1 Å². The second-order valence-electron chi connectivity index (χ2n) is 9.62. The maximum absolute atomic E-state index is 13.7. The van der Waals surface area contributed by atoms with Crippen molar-refractivity contribution in [2.75, 3.05) is 20.3 Å². The Labute approximate surface area is 224 Å². The summed E-state index contributed by atoms with van der Waals surface area (Å²) in [5, 5.41) is 22.3. The molecule has 0 aromatic heterocycles. The van der Waals surface area contributed by atoms with Gasteiger partial charge in [0.05, 0.1) is 6.04 Å². The standard InChI is InChI=1S/C28H37BN2O7/c1-37-17-9-14-23(29(35)36)19-26(32)25-15-8-16-31(25)27(33)24(18-21-10-4-2-5-11-21)30-28(34)38-20-22-12-6-3-7-13-22/h2-7,10-13,23-25,35-36H,8-9,14-20H2,1H3,(H,30,34)/t23-,24-,25+/m1/s1. The molecule has 38 heavy (non-hydrogen) atoms. The van der Waals surface area contributed by atoms with Crippen molar-refractivity contribution in [3.63, 3.8) is 0 Å². The maximum Gasteiger partial charge on any atom is 0.455 e. The molecule has 3 rings (SSSR count). The highest BCUT2D eigenvalue weighted by Crippen LogP contribution is 2.27. The number of ketones is 1. The summed E-state index contributed by atoms with van der Waals surface area (Å²) >= 11 is 0. The smallest absolute Gasteiger partial charge is 0.445 e. The molecule has 1 aliphatic heterocycles. The number of hydrogen-bond acceptors (Lipinski definition) is 7. The van der Waals surface area contributed by atoms with Crippen LogP contribution in [-0.4, -0.2) is 72.2 Å². The van der Waals surface area contributed by atoms with Crippen LogP contribution in [-0.2, 0) is 32.1 Å². The van der Waals surface area contributed by atoms with Crippen molar-refractivity contribution in [2.45, 2.75) is 63.0 Å². The van der Waals surface area contributed by atoms with Crippen LogP contribution < -0.4 is 5.32 Å². The summed E-state index contributed by atoms with van der Waals surface area (Å²) in [6.07, 6.45) is 1.63. The zero-order chi connectivity index (χ0) is 27.3. The third-order valence-corrected chi connectivity index (χ3v) is 6.80. The summed E-state index contributed by atoms with van der Waals surface area (Å²) < 4.78 is 10.4. The number of likely N-dealkylation sites (tertiary alicyclic amines) is 1. The molecule has 9 nitrogen and oxygen atoms in total. The molecule has 0 unspecified atom stereocenters. The molecule has 0 saturated carbocycles. The molecule has 3 N–H and O–H groups in total. The largest absolute Gasteiger partial charge is 0.455 e. The van der Waals surface area contributed by atoms with Gasteiger partial charge in [-0.05, 0) is 36.8 Å². The minimum Gasteiger partial charge on any atom is -0.445 e. The van der Waals surface area contributed by atoms with Crippen LogP contribution >= 0.6 is 0 Å². The predicted molar refractivity (Wildman–Crippen MR) is 143 cm³/mol. The van der Waals surface area contributed by atoms with E-state index < -0.39 is 31.1 Å². The van der Waals surface area contributed by atoms with E-state index in [1.807, 2.05) is 60.7 Å². The van der Waals surface area contributed by atoms with E-state index in [0.29, 0.717) is 38.8 Å². The van der Waals surface area contributed by atoms with Crippen molar-refractivity contribution in [1.29, 1.82) is 0 Å². The number of carbonyl (C=O) groups is 3. The summed E-state index contributed by atoms with van der Waals surface area (Å²) in [5.74, 6) is -1.21. The Hall–Kier alpha value is -3.21. The topological polar surface area (TPSA) is 125 Å². The van der Waals surface area contributed by atoms with Crippen molar-refractivity contribution in [1.82, 2.24) is 10.2 Å². The first-order chi connectivity index (χ1) is 18.4. The minimum atomic E-state index is -1.63. The quantitative estimate of drug-likeness (QED) is 0.256. The van der Waals surface area contributed by atoms with Crippen molar-refractivity contribution < 1.29 is 33.9 Å². The fraction of sp³-hybridized carbons (Fsp3) is 0.464. The first-order valence-corrected chi connectivity index (χ1v) is 13.1. The van der Waals surface area contributed by atoms with Crippen LogP contribution in [0.25, 0.3) is 0 Å². The molecule has 10 heteroatoms. The lowest BCUT2D eigenvalue weighted by Gasteiger charge is -2.29. The normalized spacial score (nSPS) is 16.5. The molecule has 3 atom stereocenters. The molecule has 1 saturated heterocycles. The summed E-state index contributed by atoms with van der Waals surface area (Å²) in [4.78, 5) is 41.1. The van der Waals surface area contributed by atoms with Crippen LogP contribution in [0.1, 0.15) is 43.2 Å². The fourth-order valence-electron chi connectivity index (χ4n) is 4.76. The van der Waals surface area contributed by atoms with E-state index in [9.17, 15) is 24.4 Å². The molecule has 0 spiro atoms. The highest BCUT2D eigenvalue weighted by Gasteiger charge is 2.39. The molecule has 0 radical (unpaired) electrons. The first-order valence-electron chi connectivity index (χ1n) is 13.1. The Morgan fingerprint density at radius 3 is 2.34 bits per heavy atom. The van der Waals surface area contributed by atoms with Gasteiger partial charge in [0.25, 0.3) is 0 Å². The third kappa shape index (κ3) is 8.97. The number of carbonyl (C=O) groups excluding carboxylic acids is 3.